The Balaban J connectivity index is 2.12. The van der Waals surface area contributed by atoms with Crippen molar-refractivity contribution in [3.05, 3.63) is 23.3 Å². The van der Waals surface area contributed by atoms with E-state index in [1.54, 1.807) is 29.3 Å². The molecule has 2 aromatic heterocycles. The van der Waals surface area contributed by atoms with Crippen LogP contribution in [-0.4, -0.2) is 21.5 Å². The van der Waals surface area contributed by atoms with E-state index in [1.807, 2.05) is 25.3 Å². The molecule has 0 saturated heterocycles. The van der Waals surface area contributed by atoms with Crippen molar-refractivity contribution in [3.8, 4) is 0 Å². The highest BCUT2D eigenvalue weighted by atomic mass is 32.2. The summed E-state index contributed by atoms with van der Waals surface area (Å²) in [5.74, 6) is 0.667. The summed E-state index contributed by atoms with van der Waals surface area (Å²) in [6.07, 6.45) is 1.76. The Kier molecular flexibility index (Phi) is 3.74. The van der Waals surface area contributed by atoms with Crippen LogP contribution >= 0.6 is 23.1 Å². The molecule has 0 spiro atoms. The molecule has 4 nitrogen and oxygen atoms in total. The molecule has 84 valence electrons. The van der Waals surface area contributed by atoms with Crippen LogP contribution in [0.1, 0.15) is 12.6 Å². The minimum Gasteiger partial charge on any atom is -0.354 e. The zero-order valence-corrected chi connectivity index (χ0v) is 10.7. The number of hydrogen-bond acceptors (Lipinski definition) is 6. The first kappa shape index (κ1) is 11.3. The fourth-order valence-corrected chi connectivity index (χ4v) is 2.85. The molecule has 0 radical (unpaired) electrons. The lowest BCUT2D eigenvalue weighted by Crippen LogP contribution is -2.01. The lowest BCUT2D eigenvalue weighted by molar-refractivity contribution is 1.01. The van der Waals surface area contributed by atoms with Crippen molar-refractivity contribution >= 4 is 29.0 Å². The van der Waals surface area contributed by atoms with E-state index in [9.17, 15) is 0 Å². The van der Waals surface area contributed by atoms with Gasteiger partial charge < -0.3 is 5.32 Å². The number of rotatable bonds is 4. The maximum Gasteiger partial charge on any atom is 0.223 e. The Morgan fingerprint density at radius 3 is 3.00 bits per heavy atom. The lowest BCUT2D eigenvalue weighted by atomic mass is 10.6. The summed E-state index contributed by atoms with van der Waals surface area (Å²) in [7, 11) is 0. The number of thiazole rings is 1. The topological polar surface area (TPSA) is 50.7 Å². The van der Waals surface area contributed by atoms with Crippen molar-refractivity contribution in [2.75, 3.05) is 11.9 Å². The SMILES string of the molecule is CCNc1nccc(Sc2nc(C)cs2)n1. The predicted molar refractivity (Wildman–Crippen MR) is 67.2 cm³/mol. The molecule has 0 bridgehead atoms. The zero-order valence-electron chi connectivity index (χ0n) is 9.10. The van der Waals surface area contributed by atoms with Gasteiger partial charge in [-0.2, -0.15) is 0 Å². The summed E-state index contributed by atoms with van der Waals surface area (Å²) in [6.45, 7) is 4.84. The fraction of sp³-hybridized carbons (Fsp3) is 0.300. The van der Waals surface area contributed by atoms with Crippen molar-refractivity contribution in [2.24, 2.45) is 0 Å². The fourth-order valence-electron chi connectivity index (χ4n) is 1.11. The minimum absolute atomic E-state index is 0.667. The smallest absolute Gasteiger partial charge is 0.223 e. The van der Waals surface area contributed by atoms with Gasteiger partial charge in [0.05, 0.1) is 0 Å². The lowest BCUT2D eigenvalue weighted by Gasteiger charge is -2.02. The first-order valence-corrected chi connectivity index (χ1v) is 6.64. The van der Waals surface area contributed by atoms with Crippen LogP contribution < -0.4 is 5.32 Å². The highest BCUT2D eigenvalue weighted by Gasteiger charge is 2.04. The molecule has 6 heteroatoms. The number of nitrogens with one attached hydrogen (secondary N) is 1. The molecule has 1 N–H and O–H groups in total. The largest absolute Gasteiger partial charge is 0.354 e. The van der Waals surface area contributed by atoms with Crippen LogP contribution in [0.3, 0.4) is 0 Å². The first-order valence-electron chi connectivity index (χ1n) is 4.95. The summed E-state index contributed by atoms with van der Waals surface area (Å²) in [4.78, 5) is 12.9. The van der Waals surface area contributed by atoms with E-state index in [4.69, 9.17) is 0 Å². The molecule has 16 heavy (non-hydrogen) atoms. The third kappa shape index (κ3) is 2.93. The average molecular weight is 252 g/mol. The summed E-state index contributed by atoms with van der Waals surface area (Å²) >= 11 is 3.20. The van der Waals surface area contributed by atoms with Crippen molar-refractivity contribution in [1.82, 2.24) is 15.0 Å². The summed E-state index contributed by atoms with van der Waals surface area (Å²) in [5.41, 5.74) is 1.05. The van der Waals surface area contributed by atoms with E-state index in [0.29, 0.717) is 5.95 Å². The zero-order chi connectivity index (χ0) is 11.4. The van der Waals surface area contributed by atoms with Gasteiger partial charge in [-0.3, -0.25) is 0 Å². The van der Waals surface area contributed by atoms with Gasteiger partial charge in [-0.05, 0) is 31.7 Å². The van der Waals surface area contributed by atoms with Gasteiger partial charge >= 0.3 is 0 Å². The van der Waals surface area contributed by atoms with Crippen LogP contribution in [0.5, 0.6) is 0 Å². The van der Waals surface area contributed by atoms with E-state index >= 15 is 0 Å². The van der Waals surface area contributed by atoms with E-state index in [0.717, 1.165) is 21.6 Å². The van der Waals surface area contributed by atoms with Gasteiger partial charge in [0.2, 0.25) is 5.95 Å². The minimum atomic E-state index is 0.667. The Morgan fingerprint density at radius 2 is 2.31 bits per heavy atom. The van der Waals surface area contributed by atoms with Crippen LogP contribution in [0, 0.1) is 6.92 Å². The summed E-state index contributed by atoms with van der Waals surface area (Å²) < 4.78 is 1.01. The Hall–Kier alpha value is -1.14. The molecule has 0 aliphatic carbocycles. The quantitative estimate of drug-likeness (QED) is 0.848. The Morgan fingerprint density at radius 1 is 1.44 bits per heavy atom. The molecule has 2 rings (SSSR count). The van der Waals surface area contributed by atoms with E-state index < -0.39 is 0 Å². The predicted octanol–water partition coefficient (Wildman–Crippen LogP) is 2.82. The molecule has 0 aromatic carbocycles. The van der Waals surface area contributed by atoms with Gasteiger partial charge in [-0.1, -0.05) is 0 Å². The van der Waals surface area contributed by atoms with Gasteiger partial charge in [0.25, 0.3) is 0 Å². The molecule has 2 aromatic rings. The molecule has 0 amide bonds. The van der Waals surface area contributed by atoms with Crippen molar-refractivity contribution in [3.63, 3.8) is 0 Å². The molecule has 0 aliphatic rings. The maximum absolute atomic E-state index is 4.38. The molecule has 0 unspecified atom stereocenters. The summed E-state index contributed by atoms with van der Waals surface area (Å²) in [5, 5.41) is 6.04. The van der Waals surface area contributed by atoms with Gasteiger partial charge in [0, 0.05) is 23.8 Å². The van der Waals surface area contributed by atoms with Crippen LogP contribution in [-0.2, 0) is 0 Å². The van der Waals surface area contributed by atoms with E-state index in [-0.39, 0.29) is 0 Å². The number of nitrogens with zero attached hydrogens (tertiary/aromatic N) is 3. The Labute approximate surface area is 103 Å². The normalized spacial score (nSPS) is 10.4. The second kappa shape index (κ2) is 5.27. The third-order valence-electron chi connectivity index (χ3n) is 1.75. The highest BCUT2D eigenvalue weighted by molar-refractivity contribution is 8.01. The molecular formula is C10H12N4S2. The van der Waals surface area contributed by atoms with Crippen molar-refractivity contribution in [1.29, 1.82) is 0 Å². The van der Waals surface area contributed by atoms with E-state index in [1.165, 1.54) is 0 Å². The first-order chi connectivity index (χ1) is 7.78. The monoisotopic (exact) mass is 252 g/mol. The molecule has 0 aliphatic heterocycles. The molecule has 0 saturated carbocycles. The standard InChI is InChI=1S/C10H12N4S2/c1-3-11-9-12-5-4-8(14-9)16-10-13-7(2)6-15-10/h4-6H,3H2,1-2H3,(H,11,12,14). The van der Waals surface area contributed by atoms with Gasteiger partial charge in [0.1, 0.15) is 5.03 Å². The third-order valence-corrected chi connectivity index (χ3v) is 3.75. The molecule has 0 atom stereocenters. The van der Waals surface area contributed by atoms with Crippen LogP contribution in [0.25, 0.3) is 0 Å². The molecular weight excluding hydrogens is 240 g/mol. The average Bonchev–Trinajstić information content (AvgIpc) is 2.65. The molecule has 2 heterocycles. The summed E-state index contributed by atoms with van der Waals surface area (Å²) in [6, 6.07) is 1.89. The molecule has 0 fully saturated rings. The number of anilines is 1. The van der Waals surface area contributed by atoms with Crippen LogP contribution in [0.15, 0.2) is 27.0 Å². The Bertz CT molecular complexity index is 469. The van der Waals surface area contributed by atoms with Crippen molar-refractivity contribution < 1.29 is 0 Å². The van der Waals surface area contributed by atoms with Gasteiger partial charge in [-0.25, -0.2) is 15.0 Å². The van der Waals surface area contributed by atoms with Crippen LogP contribution in [0.2, 0.25) is 0 Å². The van der Waals surface area contributed by atoms with Gasteiger partial charge in [0.15, 0.2) is 4.34 Å². The number of aromatic nitrogens is 3. The highest BCUT2D eigenvalue weighted by Crippen LogP contribution is 2.28. The van der Waals surface area contributed by atoms with Gasteiger partial charge in [-0.15, -0.1) is 11.3 Å². The van der Waals surface area contributed by atoms with Crippen LogP contribution in [0.4, 0.5) is 5.95 Å². The second-order valence-electron chi connectivity index (χ2n) is 3.11. The van der Waals surface area contributed by atoms with Crippen molar-refractivity contribution in [2.45, 2.75) is 23.2 Å². The number of aryl methyl sites for hydroxylation is 1. The maximum atomic E-state index is 4.38. The number of hydrogen-bond donors (Lipinski definition) is 1. The van der Waals surface area contributed by atoms with E-state index in [2.05, 4.69) is 20.3 Å². The second-order valence-corrected chi connectivity index (χ2v) is 5.23.